The van der Waals surface area contributed by atoms with Crippen LogP contribution in [0.4, 0.5) is 5.69 Å². The molecule has 0 aliphatic rings. The summed E-state index contributed by atoms with van der Waals surface area (Å²) in [6, 6.07) is 6.60. The third-order valence-corrected chi connectivity index (χ3v) is 5.66. The van der Waals surface area contributed by atoms with Gasteiger partial charge in [-0.2, -0.15) is 0 Å². The van der Waals surface area contributed by atoms with E-state index in [1.807, 2.05) is 0 Å². The van der Waals surface area contributed by atoms with Crippen LogP contribution in [-0.2, 0) is 13.1 Å². The normalized spacial score (nSPS) is 12.3. The Labute approximate surface area is 209 Å². The highest BCUT2D eigenvalue weighted by Crippen LogP contribution is 2.27. The maximum absolute atomic E-state index is 13.0. The number of carbonyl (C=O) groups excluding carboxylic acids is 1. The number of benzene rings is 1. The molecule has 0 radical (unpaired) electrons. The average molecular weight is 515 g/mol. The molecule has 0 saturated heterocycles. The zero-order valence-corrected chi connectivity index (χ0v) is 20.4. The highest BCUT2D eigenvalue weighted by atomic mass is 35.5. The largest absolute Gasteiger partial charge is 0.431 e. The van der Waals surface area contributed by atoms with Gasteiger partial charge in [-0.25, -0.2) is 24.1 Å². The number of ether oxygens (including phenoxy) is 1. The van der Waals surface area contributed by atoms with E-state index in [9.17, 15) is 14.4 Å². The second-order valence-electron chi connectivity index (χ2n) is 6.96. The van der Waals surface area contributed by atoms with E-state index in [1.54, 1.807) is 55.5 Å². The standard InChI is InChI=1S/C23H23ClN6O4S/c1-3-6-15(7-5-12-24)14-30-20(28-21(32)29(4-2)23(30)33)27-16-8-10-17(11-9-16)34-22-26-13-18(35-22)19(25)31/h3,5-11,13H,1,4,12,14H2,2H3,(H2,25,31)(H,27,28,32)/b7-5-,15-6+. The van der Waals surface area contributed by atoms with Gasteiger partial charge in [-0.1, -0.05) is 42.2 Å². The number of nitrogens with one attached hydrogen (secondary N) is 1. The molecule has 0 atom stereocenters. The number of nitrogens with two attached hydrogens (primary N) is 1. The third-order valence-electron chi connectivity index (χ3n) is 4.60. The molecule has 182 valence electrons. The lowest BCUT2D eigenvalue weighted by molar-refractivity contribution is 0.100. The predicted octanol–water partition coefficient (Wildman–Crippen LogP) is 2.85. The topological polar surface area (TPSA) is 137 Å². The first-order chi connectivity index (χ1) is 16.9. The summed E-state index contributed by atoms with van der Waals surface area (Å²) < 4.78 is 8.08. The van der Waals surface area contributed by atoms with Crippen LogP contribution in [0, 0.1) is 0 Å². The van der Waals surface area contributed by atoms with Crippen molar-refractivity contribution in [2.45, 2.75) is 20.0 Å². The van der Waals surface area contributed by atoms with Crippen LogP contribution in [0.25, 0.3) is 0 Å². The molecule has 0 saturated carbocycles. The van der Waals surface area contributed by atoms with Gasteiger partial charge in [0.2, 0.25) is 5.62 Å². The molecule has 0 bridgehead atoms. The van der Waals surface area contributed by atoms with Crippen LogP contribution in [0.5, 0.6) is 10.9 Å². The molecule has 12 heteroatoms. The van der Waals surface area contributed by atoms with E-state index in [0.717, 1.165) is 21.5 Å². The van der Waals surface area contributed by atoms with Gasteiger partial charge in [0.1, 0.15) is 10.6 Å². The number of rotatable bonds is 10. The number of alkyl halides is 1. The Balaban J connectivity index is 1.99. The van der Waals surface area contributed by atoms with Gasteiger partial charge in [-0.3, -0.25) is 14.3 Å². The number of amides is 1. The molecule has 3 aromatic rings. The van der Waals surface area contributed by atoms with Crippen molar-refractivity contribution in [1.82, 2.24) is 19.1 Å². The van der Waals surface area contributed by atoms with Gasteiger partial charge < -0.3 is 10.5 Å². The fourth-order valence-corrected chi connectivity index (χ4v) is 3.71. The summed E-state index contributed by atoms with van der Waals surface area (Å²) in [4.78, 5) is 48.1. The van der Waals surface area contributed by atoms with Crippen molar-refractivity contribution in [2.24, 2.45) is 10.7 Å². The zero-order valence-electron chi connectivity index (χ0n) is 18.8. The van der Waals surface area contributed by atoms with E-state index >= 15 is 0 Å². The molecule has 1 amide bonds. The minimum absolute atomic E-state index is 0.0821. The van der Waals surface area contributed by atoms with Crippen LogP contribution in [-0.4, -0.2) is 30.9 Å². The predicted molar refractivity (Wildman–Crippen MR) is 135 cm³/mol. The molecule has 0 aliphatic heterocycles. The number of primary amides is 1. The number of halogens is 1. The molecule has 3 rings (SSSR count). The van der Waals surface area contributed by atoms with Gasteiger partial charge >= 0.3 is 11.4 Å². The number of aromatic nitrogens is 4. The van der Waals surface area contributed by atoms with Gasteiger partial charge in [0.15, 0.2) is 0 Å². The summed E-state index contributed by atoms with van der Waals surface area (Å²) in [6.07, 6.45) is 8.21. The molecule has 3 N–H and O–H groups in total. The van der Waals surface area contributed by atoms with Gasteiger partial charge in [0.05, 0.1) is 18.4 Å². The average Bonchev–Trinajstić information content (AvgIpc) is 3.30. The van der Waals surface area contributed by atoms with Gasteiger partial charge in [0, 0.05) is 12.4 Å². The van der Waals surface area contributed by atoms with Gasteiger partial charge in [-0.15, -0.1) is 11.6 Å². The first kappa shape index (κ1) is 25.7. The van der Waals surface area contributed by atoms with Crippen LogP contribution in [0.1, 0.15) is 16.6 Å². The maximum atomic E-state index is 13.0. The summed E-state index contributed by atoms with van der Waals surface area (Å²) in [5.74, 6) is 0.183. The molecule has 2 heterocycles. The third kappa shape index (κ3) is 6.55. The number of allylic oxidation sites excluding steroid dienone is 5. The highest BCUT2D eigenvalue weighted by Gasteiger charge is 2.10. The maximum Gasteiger partial charge on any atom is 0.335 e. The molecule has 0 unspecified atom stereocenters. The van der Waals surface area contributed by atoms with Crippen LogP contribution in [0.3, 0.4) is 0 Å². The van der Waals surface area contributed by atoms with Crippen LogP contribution >= 0.6 is 22.9 Å². The summed E-state index contributed by atoms with van der Waals surface area (Å²) in [7, 11) is 0. The molecule has 10 nitrogen and oxygen atoms in total. The number of nitrogens with zero attached hydrogens (tertiary/aromatic N) is 4. The van der Waals surface area contributed by atoms with Crippen LogP contribution in [0.2, 0.25) is 0 Å². The first-order valence-electron chi connectivity index (χ1n) is 10.4. The van der Waals surface area contributed by atoms with Crippen molar-refractivity contribution < 1.29 is 9.53 Å². The fourth-order valence-electron chi connectivity index (χ4n) is 2.99. The molecule has 2 aromatic heterocycles. The monoisotopic (exact) mass is 514 g/mol. The number of thiazole rings is 1. The molecule has 0 spiro atoms. The number of H-pyrrole nitrogens is 1. The van der Waals surface area contributed by atoms with E-state index in [0.29, 0.717) is 17.3 Å². The second-order valence-corrected chi connectivity index (χ2v) is 8.26. The van der Waals surface area contributed by atoms with E-state index in [4.69, 9.17) is 22.1 Å². The van der Waals surface area contributed by atoms with E-state index < -0.39 is 17.3 Å². The van der Waals surface area contributed by atoms with E-state index in [-0.39, 0.29) is 28.8 Å². The Hall–Kier alpha value is -3.96. The van der Waals surface area contributed by atoms with Crippen molar-refractivity contribution in [3.8, 4) is 10.9 Å². The second kappa shape index (κ2) is 12.0. The SMILES string of the molecule is C=C/C=C(\C=C/CCl)Cn1c(=O)n(CC)c(=O)[nH]/c1=N\c1ccc(Oc2ncc(C(N)=O)s2)cc1. The highest BCUT2D eigenvalue weighted by molar-refractivity contribution is 7.15. The lowest BCUT2D eigenvalue weighted by atomic mass is 10.2. The summed E-state index contributed by atoms with van der Waals surface area (Å²) in [5.41, 5.74) is 5.47. The first-order valence-corrected chi connectivity index (χ1v) is 11.8. The lowest BCUT2D eigenvalue weighted by Gasteiger charge is -2.10. The Morgan fingerprint density at radius 3 is 2.66 bits per heavy atom. The van der Waals surface area contributed by atoms with Crippen LogP contribution in [0.15, 0.2) is 81.5 Å². The van der Waals surface area contributed by atoms with Crippen molar-refractivity contribution >= 4 is 34.5 Å². The van der Waals surface area contributed by atoms with Gasteiger partial charge in [-0.05, 0) is 36.8 Å². The minimum atomic E-state index is -0.581. The molecule has 35 heavy (non-hydrogen) atoms. The Bertz CT molecular complexity index is 1460. The number of carbonyl (C=O) groups is 1. The molecule has 0 fully saturated rings. The molecule has 1 aromatic carbocycles. The van der Waals surface area contributed by atoms with E-state index in [1.165, 1.54) is 10.8 Å². The number of hydrogen-bond acceptors (Lipinski definition) is 7. The Morgan fingerprint density at radius 1 is 1.31 bits per heavy atom. The Kier molecular flexibility index (Phi) is 8.76. The van der Waals surface area contributed by atoms with Crippen molar-refractivity contribution in [3.05, 3.63) is 98.4 Å². The fraction of sp³-hybridized carbons (Fsp3) is 0.174. The smallest absolute Gasteiger partial charge is 0.335 e. The Morgan fingerprint density at radius 2 is 2.06 bits per heavy atom. The lowest BCUT2D eigenvalue weighted by Crippen LogP contribution is -2.49. The zero-order chi connectivity index (χ0) is 25.4. The molecule has 0 aliphatic carbocycles. The minimum Gasteiger partial charge on any atom is -0.431 e. The summed E-state index contributed by atoms with van der Waals surface area (Å²) in [5, 5.41) is 0.264. The molecular weight excluding hydrogens is 492 g/mol. The summed E-state index contributed by atoms with van der Waals surface area (Å²) in [6.45, 7) is 5.75. The van der Waals surface area contributed by atoms with E-state index in [2.05, 4.69) is 21.5 Å². The summed E-state index contributed by atoms with van der Waals surface area (Å²) >= 11 is 6.78. The van der Waals surface area contributed by atoms with Crippen molar-refractivity contribution in [1.29, 1.82) is 0 Å². The molecular formula is C23H23ClN6O4S. The number of hydrogen-bond donors (Lipinski definition) is 2. The van der Waals surface area contributed by atoms with Gasteiger partial charge in [0.25, 0.3) is 11.1 Å². The number of aromatic amines is 1. The van der Waals surface area contributed by atoms with Crippen molar-refractivity contribution in [2.75, 3.05) is 5.88 Å². The van der Waals surface area contributed by atoms with Crippen LogP contribution < -0.4 is 27.5 Å². The quantitative estimate of drug-likeness (QED) is 0.316. The van der Waals surface area contributed by atoms with Crippen molar-refractivity contribution in [3.63, 3.8) is 0 Å².